The molecular weight excluding hydrogens is 367 g/mol. The van der Waals surface area contributed by atoms with Gasteiger partial charge in [-0.05, 0) is 23.8 Å². The van der Waals surface area contributed by atoms with Crippen LogP contribution in [0.25, 0.3) is 0 Å². The van der Waals surface area contributed by atoms with Gasteiger partial charge >= 0.3 is 0 Å². The second kappa shape index (κ2) is 7.01. The quantitative estimate of drug-likeness (QED) is 0.738. The average Bonchev–Trinajstić information content (AvgIpc) is 3.25. The van der Waals surface area contributed by atoms with Crippen LogP contribution < -0.4 is 4.74 Å². The third kappa shape index (κ3) is 3.08. The van der Waals surface area contributed by atoms with E-state index in [4.69, 9.17) is 4.74 Å². The van der Waals surface area contributed by atoms with Gasteiger partial charge in [0.15, 0.2) is 5.72 Å². The molecule has 0 saturated heterocycles. The van der Waals surface area contributed by atoms with Crippen molar-refractivity contribution in [1.82, 2.24) is 4.90 Å². The van der Waals surface area contributed by atoms with Gasteiger partial charge in [-0.15, -0.1) is 0 Å². The number of hydrogen-bond donors (Lipinski definition) is 1. The largest absolute Gasteiger partial charge is 0.489 e. The van der Waals surface area contributed by atoms with Crippen LogP contribution in [0.1, 0.15) is 22.3 Å². The van der Waals surface area contributed by atoms with E-state index >= 15 is 0 Å². The molecule has 29 heavy (non-hydrogen) atoms. The minimum absolute atomic E-state index is 0.159. The lowest BCUT2D eigenvalue weighted by Gasteiger charge is -2.43. The molecule has 3 aromatic carbocycles. The molecule has 0 aliphatic carbocycles. The molecule has 2 aliphatic rings. The van der Waals surface area contributed by atoms with Gasteiger partial charge < -0.3 is 14.7 Å². The minimum Gasteiger partial charge on any atom is -0.489 e. The van der Waals surface area contributed by atoms with Gasteiger partial charge in [-0.3, -0.25) is 4.99 Å². The Morgan fingerprint density at radius 3 is 2.59 bits per heavy atom. The van der Waals surface area contributed by atoms with Gasteiger partial charge in [-0.25, -0.2) is 4.39 Å². The van der Waals surface area contributed by atoms with Crippen LogP contribution in [0.5, 0.6) is 5.75 Å². The molecule has 146 valence electrons. The first-order chi connectivity index (χ1) is 14.1. The highest BCUT2D eigenvalue weighted by molar-refractivity contribution is 6.02. The van der Waals surface area contributed by atoms with Crippen molar-refractivity contribution in [2.75, 3.05) is 13.1 Å². The summed E-state index contributed by atoms with van der Waals surface area (Å²) in [5.74, 6) is 1.21. The van der Waals surface area contributed by atoms with Gasteiger partial charge in [0.1, 0.15) is 24.0 Å². The van der Waals surface area contributed by atoms with E-state index in [1.165, 1.54) is 6.07 Å². The van der Waals surface area contributed by atoms with Crippen LogP contribution in [0, 0.1) is 5.82 Å². The lowest BCUT2D eigenvalue weighted by molar-refractivity contribution is -0.0745. The first-order valence-electron chi connectivity index (χ1n) is 9.75. The van der Waals surface area contributed by atoms with E-state index in [2.05, 4.69) is 11.1 Å². The summed E-state index contributed by atoms with van der Waals surface area (Å²) in [5, 5.41) is 11.6. The predicted molar refractivity (Wildman–Crippen MR) is 109 cm³/mol. The Hall–Kier alpha value is -3.18. The average molecular weight is 388 g/mol. The maximum absolute atomic E-state index is 13.8. The molecule has 0 spiro atoms. The molecule has 0 saturated carbocycles. The van der Waals surface area contributed by atoms with Crippen LogP contribution in [-0.4, -0.2) is 28.9 Å². The minimum atomic E-state index is -1.15. The second-order valence-electron chi connectivity index (χ2n) is 7.41. The highest BCUT2D eigenvalue weighted by Gasteiger charge is 2.44. The molecule has 0 radical (unpaired) electrons. The van der Waals surface area contributed by atoms with Crippen LogP contribution >= 0.6 is 0 Å². The number of rotatable bonds is 4. The van der Waals surface area contributed by atoms with E-state index in [-0.39, 0.29) is 12.4 Å². The molecular formula is C24H21FN2O2. The summed E-state index contributed by atoms with van der Waals surface area (Å²) in [7, 11) is 0. The van der Waals surface area contributed by atoms with Gasteiger partial charge in [0.05, 0.1) is 6.54 Å². The second-order valence-corrected chi connectivity index (χ2v) is 7.41. The van der Waals surface area contributed by atoms with Crippen molar-refractivity contribution in [3.63, 3.8) is 0 Å². The number of halogens is 1. The highest BCUT2D eigenvalue weighted by Crippen LogP contribution is 2.39. The summed E-state index contributed by atoms with van der Waals surface area (Å²) in [6, 6.07) is 22.1. The maximum atomic E-state index is 13.8. The Kier molecular flexibility index (Phi) is 4.32. The number of ether oxygens (including phenoxy) is 1. The molecule has 0 bridgehead atoms. The lowest BCUT2D eigenvalue weighted by atomic mass is 9.86. The van der Waals surface area contributed by atoms with Crippen molar-refractivity contribution >= 4 is 5.84 Å². The zero-order chi connectivity index (χ0) is 19.8. The van der Waals surface area contributed by atoms with Crippen LogP contribution in [-0.2, 0) is 18.8 Å². The predicted octanol–water partition coefficient (Wildman–Crippen LogP) is 3.87. The Balaban J connectivity index is 1.40. The number of amidine groups is 1. The van der Waals surface area contributed by atoms with Crippen molar-refractivity contribution in [3.8, 4) is 5.75 Å². The maximum Gasteiger partial charge on any atom is 0.169 e. The summed E-state index contributed by atoms with van der Waals surface area (Å²) in [4.78, 5) is 6.62. The van der Waals surface area contributed by atoms with E-state index in [1.54, 1.807) is 18.2 Å². The number of fused-ring (bicyclic) bond motifs is 3. The molecule has 5 rings (SSSR count). The molecule has 0 fully saturated rings. The zero-order valence-electron chi connectivity index (χ0n) is 15.9. The molecule has 2 aliphatic heterocycles. The fourth-order valence-electron chi connectivity index (χ4n) is 4.14. The highest BCUT2D eigenvalue weighted by atomic mass is 19.1. The summed E-state index contributed by atoms with van der Waals surface area (Å²) in [6.45, 7) is 1.52. The van der Waals surface area contributed by atoms with Gasteiger partial charge in [-0.2, -0.15) is 0 Å². The van der Waals surface area contributed by atoms with Crippen molar-refractivity contribution in [1.29, 1.82) is 0 Å². The topological polar surface area (TPSA) is 45.1 Å². The van der Waals surface area contributed by atoms with Crippen molar-refractivity contribution < 1.29 is 14.2 Å². The first kappa shape index (κ1) is 17.9. The number of aliphatic imine (C=N–C) groups is 1. The van der Waals surface area contributed by atoms with Crippen molar-refractivity contribution in [2.24, 2.45) is 4.99 Å². The summed E-state index contributed by atoms with van der Waals surface area (Å²) < 4.78 is 19.5. The standard InChI is InChI=1S/C24H21FN2O2/c25-22-8-4-2-6-18(22)16-29-20-11-9-19(10-12-20)24(28)15-17-5-1-3-7-21(17)23-26-13-14-27(23)24/h1-12,28H,13-16H2. The van der Waals surface area contributed by atoms with E-state index in [0.29, 0.717) is 30.8 Å². The van der Waals surface area contributed by atoms with Crippen LogP contribution in [0.3, 0.4) is 0 Å². The van der Waals surface area contributed by atoms with Gasteiger partial charge in [0, 0.05) is 29.7 Å². The molecule has 3 aromatic rings. The monoisotopic (exact) mass is 388 g/mol. The molecule has 0 amide bonds. The van der Waals surface area contributed by atoms with Gasteiger partial charge in [0.25, 0.3) is 0 Å². The molecule has 1 N–H and O–H groups in total. The Morgan fingerprint density at radius 2 is 1.76 bits per heavy atom. The van der Waals surface area contributed by atoms with E-state index in [0.717, 1.165) is 22.5 Å². The Morgan fingerprint density at radius 1 is 1.00 bits per heavy atom. The van der Waals surface area contributed by atoms with Crippen LogP contribution in [0.2, 0.25) is 0 Å². The summed E-state index contributed by atoms with van der Waals surface area (Å²) in [6.07, 6.45) is 0.498. The Bertz CT molecular complexity index is 1080. The molecule has 1 unspecified atom stereocenters. The molecule has 2 heterocycles. The third-order valence-electron chi connectivity index (χ3n) is 5.65. The SMILES string of the molecule is OC1(c2ccc(OCc3ccccc3F)cc2)Cc2ccccc2C2=NCCN21. The first-order valence-corrected chi connectivity index (χ1v) is 9.75. The Labute approximate surface area is 168 Å². The van der Waals surface area contributed by atoms with Crippen molar-refractivity contribution in [3.05, 3.63) is 101 Å². The van der Waals surface area contributed by atoms with Crippen LogP contribution in [0.4, 0.5) is 4.39 Å². The fraction of sp³-hybridized carbons (Fsp3) is 0.208. The normalized spacial score (nSPS) is 20.1. The fourth-order valence-corrected chi connectivity index (χ4v) is 4.14. The van der Waals surface area contributed by atoms with E-state index < -0.39 is 5.72 Å². The van der Waals surface area contributed by atoms with Crippen LogP contribution in [0.15, 0.2) is 77.8 Å². The molecule has 5 heteroatoms. The molecule has 1 atom stereocenters. The van der Waals surface area contributed by atoms with Gasteiger partial charge in [-0.1, -0.05) is 54.6 Å². The van der Waals surface area contributed by atoms with E-state index in [1.807, 2.05) is 47.4 Å². The van der Waals surface area contributed by atoms with E-state index in [9.17, 15) is 9.50 Å². The lowest BCUT2D eigenvalue weighted by Crippen LogP contribution is -2.53. The van der Waals surface area contributed by atoms with Gasteiger partial charge in [0.2, 0.25) is 0 Å². The summed E-state index contributed by atoms with van der Waals surface area (Å²) in [5.41, 5.74) is 2.34. The molecule has 0 aromatic heterocycles. The number of nitrogens with zero attached hydrogens (tertiary/aromatic N) is 2. The number of benzene rings is 3. The molecule has 4 nitrogen and oxygen atoms in total. The zero-order valence-corrected chi connectivity index (χ0v) is 15.9. The summed E-state index contributed by atoms with van der Waals surface area (Å²) >= 11 is 0. The number of aliphatic hydroxyl groups is 1. The smallest absolute Gasteiger partial charge is 0.169 e. The third-order valence-corrected chi connectivity index (χ3v) is 5.65. The van der Waals surface area contributed by atoms with Crippen molar-refractivity contribution in [2.45, 2.75) is 18.8 Å². The number of hydrogen-bond acceptors (Lipinski definition) is 4.